The molecule has 0 radical (unpaired) electrons. The van der Waals surface area contributed by atoms with E-state index in [0.717, 1.165) is 0 Å². The monoisotopic (exact) mass is 343 g/mol. The van der Waals surface area contributed by atoms with E-state index < -0.39 is 0 Å². The lowest BCUT2D eigenvalue weighted by Crippen LogP contribution is -2.43. The molecule has 0 saturated carbocycles. The maximum atomic E-state index is 12.1. The Bertz CT molecular complexity index is 437. The molecule has 0 spiro atoms. The quantitative estimate of drug-likeness (QED) is 0.246. The van der Waals surface area contributed by atoms with Gasteiger partial charge < -0.3 is 25.4 Å². The number of likely N-dealkylation sites (N-methyl/N-ethyl adjacent to an activating group) is 1. The van der Waals surface area contributed by atoms with Crippen molar-refractivity contribution < 1.29 is 24.2 Å². The molecule has 8 heteroatoms. The number of hydrogen-bond acceptors (Lipinski definition) is 5. The lowest BCUT2D eigenvalue weighted by molar-refractivity contribution is -0.132. The molecule has 0 aliphatic rings. The zero-order chi connectivity index (χ0) is 18.5. The highest BCUT2D eigenvalue weighted by Crippen LogP contribution is 2.13. The molecule has 138 valence electrons. The molecule has 0 rings (SSSR count). The number of carbonyl (C=O) groups is 3. The first-order valence-corrected chi connectivity index (χ1v) is 7.93. The standard InChI is InChI=1S/C16H29N3O5/c1-12(2)14(19(4)15(22)10-17-11-21)9-13(3)16(23)18-5-7-24-8-6-20/h9,11-12,14,20H,5-8,10H2,1-4H3,(H,17,21)(H,18,23)/b13-9+/t14-/m1/s1. The fraction of sp³-hybridized carbons (Fsp3) is 0.688. The molecule has 0 fully saturated rings. The number of aliphatic hydroxyl groups is 1. The minimum atomic E-state index is -0.262. The van der Waals surface area contributed by atoms with Gasteiger partial charge in [0.05, 0.1) is 32.4 Å². The molecular formula is C16H29N3O5. The number of hydrogen-bond donors (Lipinski definition) is 3. The van der Waals surface area contributed by atoms with Crippen LogP contribution in [-0.4, -0.2) is 74.2 Å². The second kappa shape index (κ2) is 12.5. The number of amides is 3. The maximum absolute atomic E-state index is 12.1. The van der Waals surface area contributed by atoms with Crippen LogP contribution in [0.4, 0.5) is 0 Å². The van der Waals surface area contributed by atoms with Crippen molar-refractivity contribution >= 4 is 18.2 Å². The normalized spacial score (nSPS) is 12.7. The summed E-state index contributed by atoms with van der Waals surface area (Å²) < 4.78 is 5.07. The average molecular weight is 343 g/mol. The van der Waals surface area contributed by atoms with Gasteiger partial charge in [0.15, 0.2) is 0 Å². The summed E-state index contributed by atoms with van der Waals surface area (Å²) in [6.45, 7) is 6.35. The molecule has 0 bridgehead atoms. The van der Waals surface area contributed by atoms with E-state index in [1.165, 1.54) is 4.90 Å². The van der Waals surface area contributed by atoms with Gasteiger partial charge in [0, 0.05) is 19.2 Å². The van der Waals surface area contributed by atoms with Crippen molar-refractivity contribution in [3.63, 3.8) is 0 Å². The molecule has 0 aromatic carbocycles. The first-order chi connectivity index (χ1) is 11.3. The average Bonchev–Trinajstić information content (AvgIpc) is 2.55. The van der Waals surface area contributed by atoms with Gasteiger partial charge in [0.25, 0.3) is 0 Å². The molecule has 0 saturated heterocycles. The lowest BCUT2D eigenvalue weighted by Gasteiger charge is -2.29. The van der Waals surface area contributed by atoms with Crippen LogP contribution < -0.4 is 10.6 Å². The van der Waals surface area contributed by atoms with Gasteiger partial charge >= 0.3 is 0 Å². The van der Waals surface area contributed by atoms with Crippen molar-refractivity contribution in [3.8, 4) is 0 Å². The van der Waals surface area contributed by atoms with Crippen LogP contribution in [0.2, 0.25) is 0 Å². The van der Waals surface area contributed by atoms with E-state index in [4.69, 9.17) is 9.84 Å². The predicted octanol–water partition coefficient (Wildman–Crippen LogP) is -0.713. The van der Waals surface area contributed by atoms with Gasteiger partial charge in [0.1, 0.15) is 0 Å². The smallest absolute Gasteiger partial charge is 0.246 e. The van der Waals surface area contributed by atoms with Crippen LogP contribution in [-0.2, 0) is 19.1 Å². The molecular weight excluding hydrogens is 314 g/mol. The van der Waals surface area contributed by atoms with Crippen LogP contribution >= 0.6 is 0 Å². The summed E-state index contributed by atoms with van der Waals surface area (Å²) in [5.74, 6) is -0.367. The number of nitrogens with one attached hydrogen (secondary N) is 2. The van der Waals surface area contributed by atoms with Gasteiger partial charge in [-0.2, -0.15) is 0 Å². The Hall–Kier alpha value is -1.93. The zero-order valence-corrected chi connectivity index (χ0v) is 14.9. The second-order valence-electron chi connectivity index (χ2n) is 5.68. The molecule has 3 amide bonds. The summed E-state index contributed by atoms with van der Waals surface area (Å²) in [5, 5.41) is 13.6. The van der Waals surface area contributed by atoms with Crippen LogP contribution in [0.5, 0.6) is 0 Å². The zero-order valence-electron chi connectivity index (χ0n) is 14.9. The van der Waals surface area contributed by atoms with Crippen molar-refractivity contribution in [3.05, 3.63) is 11.6 Å². The number of carbonyl (C=O) groups excluding carboxylic acids is 3. The molecule has 0 heterocycles. The number of nitrogens with zero attached hydrogens (tertiary/aromatic N) is 1. The molecule has 0 aromatic rings. The molecule has 1 atom stereocenters. The molecule has 0 aliphatic heterocycles. The second-order valence-corrected chi connectivity index (χ2v) is 5.68. The van der Waals surface area contributed by atoms with Crippen LogP contribution in [0.3, 0.4) is 0 Å². The van der Waals surface area contributed by atoms with Gasteiger partial charge in [-0.15, -0.1) is 0 Å². The fourth-order valence-electron chi connectivity index (χ4n) is 2.05. The molecule has 0 unspecified atom stereocenters. The third-order valence-electron chi connectivity index (χ3n) is 3.41. The van der Waals surface area contributed by atoms with E-state index in [2.05, 4.69) is 10.6 Å². The summed E-state index contributed by atoms with van der Waals surface area (Å²) in [6.07, 6.45) is 2.22. The van der Waals surface area contributed by atoms with E-state index in [1.54, 1.807) is 20.0 Å². The Balaban J connectivity index is 4.69. The van der Waals surface area contributed by atoms with Gasteiger partial charge in [-0.1, -0.05) is 19.9 Å². The molecule has 0 aliphatic carbocycles. The van der Waals surface area contributed by atoms with Gasteiger partial charge in [-0.3, -0.25) is 14.4 Å². The van der Waals surface area contributed by atoms with E-state index >= 15 is 0 Å². The summed E-state index contributed by atoms with van der Waals surface area (Å²) in [4.78, 5) is 35.9. The van der Waals surface area contributed by atoms with Crippen LogP contribution in [0, 0.1) is 5.92 Å². The number of ether oxygens (including phenoxy) is 1. The number of rotatable bonds is 12. The highest BCUT2D eigenvalue weighted by atomic mass is 16.5. The van der Waals surface area contributed by atoms with Crippen LogP contribution in [0.15, 0.2) is 11.6 Å². The van der Waals surface area contributed by atoms with Crippen molar-refractivity contribution in [1.29, 1.82) is 0 Å². The highest BCUT2D eigenvalue weighted by Gasteiger charge is 2.21. The Morgan fingerprint density at radius 1 is 1.29 bits per heavy atom. The summed E-state index contributed by atoms with van der Waals surface area (Å²) in [5.41, 5.74) is 0.499. The largest absolute Gasteiger partial charge is 0.394 e. The third-order valence-corrected chi connectivity index (χ3v) is 3.41. The van der Waals surface area contributed by atoms with Crippen molar-refractivity contribution in [2.24, 2.45) is 5.92 Å². The first-order valence-electron chi connectivity index (χ1n) is 7.93. The van der Waals surface area contributed by atoms with Crippen molar-refractivity contribution in [1.82, 2.24) is 15.5 Å². The van der Waals surface area contributed by atoms with E-state index in [1.807, 2.05) is 13.8 Å². The predicted molar refractivity (Wildman–Crippen MR) is 90.1 cm³/mol. The highest BCUT2D eigenvalue weighted by molar-refractivity contribution is 5.93. The van der Waals surface area contributed by atoms with E-state index in [-0.39, 0.29) is 43.5 Å². The van der Waals surface area contributed by atoms with Crippen molar-refractivity contribution in [2.75, 3.05) is 40.0 Å². The van der Waals surface area contributed by atoms with Gasteiger partial charge in [-0.05, 0) is 12.8 Å². The Kier molecular flexibility index (Phi) is 11.5. The molecule has 8 nitrogen and oxygen atoms in total. The Morgan fingerprint density at radius 2 is 1.96 bits per heavy atom. The SMILES string of the molecule is C/C(=C\[C@H](C(C)C)N(C)C(=O)CNC=O)C(=O)NCCOCCO. The lowest BCUT2D eigenvalue weighted by atomic mass is 10.00. The van der Waals surface area contributed by atoms with E-state index in [9.17, 15) is 14.4 Å². The first kappa shape index (κ1) is 22.1. The summed E-state index contributed by atoms with van der Waals surface area (Å²) in [7, 11) is 1.64. The molecule has 3 N–H and O–H groups in total. The Labute approximate surface area is 143 Å². The molecule has 0 aromatic heterocycles. The topological polar surface area (TPSA) is 108 Å². The summed E-state index contributed by atoms with van der Waals surface area (Å²) >= 11 is 0. The number of aliphatic hydroxyl groups excluding tert-OH is 1. The van der Waals surface area contributed by atoms with Gasteiger partial charge in [0.2, 0.25) is 18.2 Å². The van der Waals surface area contributed by atoms with Gasteiger partial charge in [-0.25, -0.2) is 0 Å². The maximum Gasteiger partial charge on any atom is 0.246 e. The minimum Gasteiger partial charge on any atom is -0.394 e. The minimum absolute atomic E-state index is 0.0533. The third kappa shape index (κ3) is 8.64. The summed E-state index contributed by atoms with van der Waals surface area (Å²) in [6, 6.07) is -0.262. The molecule has 24 heavy (non-hydrogen) atoms. The van der Waals surface area contributed by atoms with Crippen molar-refractivity contribution in [2.45, 2.75) is 26.8 Å². The van der Waals surface area contributed by atoms with E-state index in [0.29, 0.717) is 25.1 Å². The fourth-order valence-corrected chi connectivity index (χ4v) is 2.05. The van der Waals surface area contributed by atoms with Crippen LogP contribution in [0.1, 0.15) is 20.8 Å². The van der Waals surface area contributed by atoms with Crippen LogP contribution in [0.25, 0.3) is 0 Å². The Morgan fingerprint density at radius 3 is 2.50 bits per heavy atom.